The lowest BCUT2D eigenvalue weighted by Crippen LogP contribution is -2.13. The number of hydrogen-bond acceptors (Lipinski definition) is 5. The van der Waals surface area contributed by atoms with Gasteiger partial charge in [0, 0.05) is 23.1 Å². The average Bonchev–Trinajstić information content (AvgIpc) is 2.76. The van der Waals surface area contributed by atoms with Gasteiger partial charge in [0.15, 0.2) is 11.5 Å². The number of fused-ring (bicyclic) bond motifs is 1. The molecule has 112 valence electrons. The van der Waals surface area contributed by atoms with Crippen molar-refractivity contribution in [2.75, 3.05) is 19.0 Å². The highest BCUT2D eigenvalue weighted by Crippen LogP contribution is 2.33. The van der Waals surface area contributed by atoms with E-state index in [4.69, 9.17) is 19.6 Å². The summed E-state index contributed by atoms with van der Waals surface area (Å²) in [6, 6.07) is 7.88. The number of rotatable bonds is 4. The first kappa shape index (κ1) is 14.4. The van der Waals surface area contributed by atoms with Crippen LogP contribution in [-0.2, 0) is 0 Å². The molecule has 0 amide bonds. The standard InChI is InChI=1S/C16H19NO3S/c1-11-16(5-8-18-11)21-10-13(17)12-3-4-14-15(9-12)20-7-2-6-19-14/h3-5,8-9,13H,2,6-7,10,17H2,1H3. The SMILES string of the molecule is Cc1occc1SCC(N)c1ccc2c(c1)OCCCO2. The maximum atomic E-state index is 6.29. The van der Waals surface area contributed by atoms with E-state index in [-0.39, 0.29) is 6.04 Å². The molecular weight excluding hydrogens is 286 g/mol. The van der Waals surface area contributed by atoms with E-state index in [1.54, 1.807) is 18.0 Å². The van der Waals surface area contributed by atoms with Crippen LogP contribution in [0.15, 0.2) is 39.8 Å². The molecule has 2 aromatic rings. The number of furan rings is 1. The lowest BCUT2D eigenvalue weighted by atomic mass is 10.1. The molecule has 0 saturated carbocycles. The zero-order valence-corrected chi connectivity index (χ0v) is 12.8. The average molecular weight is 305 g/mol. The fraction of sp³-hybridized carbons (Fsp3) is 0.375. The summed E-state index contributed by atoms with van der Waals surface area (Å²) in [6.07, 6.45) is 2.61. The number of ether oxygens (including phenoxy) is 2. The summed E-state index contributed by atoms with van der Waals surface area (Å²) >= 11 is 1.71. The Labute approximate surface area is 128 Å². The zero-order chi connectivity index (χ0) is 14.7. The molecule has 1 unspecified atom stereocenters. The molecule has 0 saturated heterocycles. The third kappa shape index (κ3) is 3.36. The predicted octanol–water partition coefficient (Wildman–Crippen LogP) is 3.54. The molecule has 0 aliphatic carbocycles. The minimum absolute atomic E-state index is 0.0542. The van der Waals surface area contributed by atoms with Crippen LogP contribution in [0.2, 0.25) is 0 Å². The molecule has 1 aromatic heterocycles. The number of thioether (sulfide) groups is 1. The molecule has 21 heavy (non-hydrogen) atoms. The maximum Gasteiger partial charge on any atom is 0.161 e. The van der Waals surface area contributed by atoms with E-state index in [0.29, 0.717) is 13.2 Å². The van der Waals surface area contributed by atoms with Gasteiger partial charge in [-0.15, -0.1) is 11.8 Å². The zero-order valence-electron chi connectivity index (χ0n) is 12.0. The van der Waals surface area contributed by atoms with E-state index in [9.17, 15) is 0 Å². The summed E-state index contributed by atoms with van der Waals surface area (Å²) in [5.74, 6) is 3.33. The molecule has 2 heterocycles. The molecule has 0 fully saturated rings. The lowest BCUT2D eigenvalue weighted by Gasteiger charge is -2.14. The van der Waals surface area contributed by atoms with Crippen LogP contribution >= 0.6 is 11.8 Å². The van der Waals surface area contributed by atoms with Gasteiger partial charge in [0.1, 0.15) is 5.76 Å². The summed E-state index contributed by atoms with van der Waals surface area (Å²) in [5.41, 5.74) is 7.35. The Bertz CT molecular complexity index is 611. The fourth-order valence-corrected chi connectivity index (χ4v) is 3.16. The first-order valence-corrected chi connectivity index (χ1v) is 8.04. The molecule has 1 atom stereocenters. The predicted molar refractivity (Wildman–Crippen MR) is 83.1 cm³/mol. The lowest BCUT2D eigenvalue weighted by molar-refractivity contribution is 0.297. The van der Waals surface area contributed by atoms with Gasteiger partial charge >= 0.3 is 0 Å². The Balaban J connectivity index is 1.68. The molecule has 4 nitrogen and oxygen atoms in total. The second-order valence-electron chi connectivity index (χ2n) is 5.02. The van der Waals surface area contributed by atoms with Crippen molar-refractivity contribution in [2.45, 2.75) is 24.3 Å². The van der Waals surface area contributed by atoms with Gasteiger partial charge in [-0.3, -0.25) is 0 Å². The van der Waals surface area contributed by atoms with E-state index in [0.717, 1.165) is 39.9 Å². The highest BCUT2D eigenvalue weighted by atomic mass is 32.2. The van der Waals surface area contributed by atoms with E-state index in [1.807, 2.05) is 31.2 Å². The van der Waals surface area contributed by atoms with Crippen LogP contribution in [-0.4, -0.2) is 19.0 Å². The minimum Gasteiger partial charge on any atom is -0.490 e. The molecule has 3 rings (SSSR count). The van der Waals surface area contributed by atoms with Crippen LogP contribution < -0.4 is 15.2 Å². The summed E-state index contributed by atoms with van der Waals surface area (Å²) in [5, 5.41) is 0. The summed E-state index contributed by atoms with van der Waals surface area (Å²) in [6.45, 7) is 3.35. The largest absolute Gasteiger partial charge is 0.490 e. The molecule has 1 aliphatic rings. The summed E-state index contributed by atoms with van der Waals surface area (Å²) in [4.78, 5) is 1.14. The maximum absolute atomic E-state index is 6.29. The number of nitrogens with two attached hydrogens (primary N) is 1. The first-order valence-electron chi connectivity index (χ1n) is 7.06. The molecular formula is C16H19NO3S. The van der Waals surface area contributed by atoms with Crippen molar-refractivity contribution in [1.29, 1.82) is 0 Å². The van der Waals surface area contributed by atoms with Gasteiger partial charge in [0.25, 0.3) is 0 Å². The number of aryl methyl sites for hydroxylation is 1. The normalized spacial score (nSPS) is 15.5. The van der Waals surface area contributed by atoms with E-state index >= 15 is 0 Å². The van der Waals surface area contributed by atoms with E-state index in [1.165, 1.54) is 0 Å². The topological polar surface area (TPSA) is 57.6 Å². The van der Waals surface area contributed by atoms with Gasteiger partial charge in [-0.25, -0.2) is 0 Å². The van der Waals surface area contributed by atoms with Gasteiger partial charge in [-0.2, -0.15) is 0 Å². The molecule has 1 aliphatic heterocycles. The van der Waals surface area contributed by atoms with Crippen molar-refractivity contribution in [2.24, 2.45) is 5.73 Å². The van der Waals surface area contributed by atoms with Gasteiger partial charge in [-0.05, 0) is 30.7 Å². The van der Waals surface area contributed by atoms with Crippen molar-refractivity contribution in [3.63, 3.8) is 0 Å². The monoisotopic (exact) mass is 305 g/mol. The van der Waals surface area contributed by atoms with E-state index in [2.05, 4.69) is 0 Å². The van der Waals surface area contributed by atoms with Crippen molar-refractivity contribution in [1.82, 2.24) is 0 Å². The molecule has 0 radical (unpaired) electrons. The van der Waals surface area contributed by atoms with Gasteiger partial charge in [-0.1, -0.05) is 6.07 Å². The smallest absolute Gasteiger partial charge is 0.161 e. The van der Waals surface area contributed by atoms with Crippen LogP contribution in [0, 0.1) is 6.92 Å². The number of benzene rings is 1. The van der Waals surface area contributed by atoms with Crippen LogP contribution in [0.25, 0.3) is 0 Å². The molecule has 5 heteroatoms. The van der Waals surface area contributed by atoms with Crippen molar-refractivity contribution in [3.8, 4) is 11.5 Å². The third-order valence-corrected chi connectivity index (χ3v) is 4.69. The van der Waals surface area contributed by atoms with Crippen LogP contribution in [0.4, 0.5) is 0 Å². The Hall–Kier alpha value is -1.59. The van der Waals surface area contributed by atoms with Gasteiger partial charge in [0.2, 0.25) is 0 Å². The Morgan fingerprint density at radius 3 is 2.76 bits per heavy atom. The van der Waals surface area contributed by atoms with Crippen molar-refractivity contribution >= 4 is 11.8 Å². The van der Waals surface area contributed by atoms with Crippen LogP contribution in [0.1, 0.15) is 23.8 Å². The Morgan fingerprint density at radius 2 is 2.00 bits per heavy atom. The Kier molecular flexibility index (Phi) is 4.41. The van der Waals surface area contributed by atoms with Gasteiger partial charge in [0.05, 0.1) is 19.5 Å². The molecule has 0 bridgehead atoms. The van der Waals surface area contributed by atoms with Crippen LogP contribution in [0.5, 0.6) is 11.5 Å². The Morgan fingerprint density at radius 1 is 1.19 bits per heavy atom. The van der Waals surface area contributed by atoms with Crippen molar-refractivity contribution in [3.05, 3.63) is 41.9 Å². The minimum atomic E-state index is -0.0542. The van der Waals surface area contributed by atoms with Crippen LogP contribution in [0.3, 0.4) is 0 Å². The molecule has 1 aromatic carbocycles. The second-order valence-corrected chi connectivity index (χ2v) is 6.08. The highest BCUT2D eigenvalue weighted by Gasteiger charge is 2.14. The van der Waals surface area contributed by atoms with Crippen molar-refractivity contribution < 1.29 is 13.9 Å². The van der Waals surface area contributed by atoms with Gasteiger partial charge < -0.3 is 19.6 Å². The number of hydrogen-bond donors (Lipinski definition) is 1. The third-order valence-electron chi connectivity index (χ3n) is 3.43. The quantitative estimate of drug-likeness (QED) is 0.876. The first-order chi connectivity index (χ1) is 10.2. The highest BCUT2D eigenvalue weighted by molar-refractivity contribution is 7.99. The van der Waals surface area contributed by atoms with E-state index < -0.39 is 0 Å². The fourth-order valence-electron chi connectivity index (χ4n) is 2.21. The second kappa shape index (κ2) is 6.45. The molecule has 0 spiro atoms. The summed E-state index contributed by atoms with van der Waals surface area (Å²) in [7, 11) is 0. The molecule has 2 N–H and O–H groups in total. The summed E-state index contributed by atoms with van der Waals surface area (Å²) < 4.78 is 16.6.